The van der Waals surface area contributed by atoms with Gasteiger partial charge in [-0.1, -0.05) is 19.0 Å². The van der Waals surface area contributed by atoms with Crippen LogP contribution in [0.2, 0.25) is 0 Å². The molecule has 1 aliphatic rings. The molecule has 0 heterocycles. The van der Waals surface area contributed by atoms with Crippen LogP contribution in [0.4, 0.5) is 0 Å². The molecule has 0 radical (unpaired) electrons. The van der Waals surface area contributed by atoms with Gasteiger partial charge in [-0.3, -0.25) is 0 Å². The van der Waals surface area contributed by atoms with Crippen LogP contribution in [0.15, 0.2) is 5.16 Å². The molecule has 0 aromatic rings. The molecule has 0 spiro atoms. The van der Waals surface area contributed by atoms with E-state index in [0.717, 1.165) is 24.8 Å². The van der Waals surface area contributed by atoms with Crippen molar-refractivity contribution >= 4 is 5.84 Å². The van der Waals surface area contributed by atoms with Gasteiger partial charge in [0.1, 0.15) is 5.84 Å². The Hall–Kier alpha value is -0.770. The van der Waals surface area contributed by atoms with Gasteiger partial charge in [0.2, 0.25) is 0 Å². The SMILES string of the molecule is CCC(CC(N)=NO)NCC(C)C1CC1. The molecule has 2 atom stereocenters. The molecule has 15 heavy (non-hydrogen) atoms. The second-order valence-corrected chi connectivity index (χ2v) is 4.62. The molecule has 4 nitrogen and oxygen atoms in total. The van der Waals surface area contributed by atoms with Crippen molar-refractivity contribution in [2.45, 2.75) is 45.6 Å². The van der Waals surface area contributed by atoms with Gasteiger partial charge in [-0.15, -0.1) is 0 Å². The van der Waals surface area contributed by atoms with Crippen molar-refractivity contribution in [3.63, 3.8) is 0 Å². The molecule has 0 aliphatic heterocycles. The van der Waals surface area contributed by atoms with Gasteiger partial charge in [0, 0.05) is 12.5 Å². The largest absolute Gasteiger partial charge is 0.409 e. The fourth-order valence-electron chi connectivity index (χ4n) is 1.84. The lowest BCUT2D eigenvalue weighted by atomic mass is 10.0. The third kappa shape index (κ3) is 4.51. The van der Waals surface area contributed by atoms with Gasteiger partial charge in [-0.25, -0.2) is 0 Å². The predicted octanol–water partition coefficient (Wildman–Crippen LogP) is 1.54. The maximum atomic E-state index is 8.49. The Balaban J connectivity index is 2.20. The van der Waals surface area contributed by atoms with Crippen LogP contribution in [0.1, 0.15) is 39.5 Å². The Bertz CT molecular complexity index is 214. The molecule has 4 heteroatoms. The molecular formula is C11H23N3O. The van der Waals surface area contributed by atoms with E-state index in [1.807, 2.05) is 0 Å². The van der Waals surface area contributed by atoms with Crippen molar-refractivity contribution in [3.05, 3.63) is 0 Å². The van der Waals surface area contributed by atoms with Crippen molar-refractivity contribution in [3.8, 4) is 0 Å². The monoisotopic (exact) mass is 213 g/mol. The molecular weight excluding hydrogens is 190 g/mol. The zero-order valence-electron chi connectivity index (χ0n) is 9.74. The molecule has 1 rings (SSSR count). The summed E-state index contributed by atoms with van der Waals surface area (Å²) in [5.74, 6) is 2.00. The quantitative estimate of drug-likeness (QED) is 0.260. The van der Waals surface area contributed by atoms with Crippen LogP contribution in [0.25, 0.3) is 0 Å². The van der Waals surface area contributed by atoms with E-state index in [4.69, 9.17) is 10.9 Å². The summed E-state index contributed by atoms with van der Waals surface area (Å²) in [5.41, 5.74) is 5.49. The molecule has 1 aliphatic carbocycles. The van der Waals surface area contributed by atoms with Crippen LogP contribution in [-0.4, -0.2) is 23.6 Å². The van der Waals surface area contributed by atoms with Crippen LogP contribution in [0.5, 0.6) is 0 Å². The minimum absolute atomic E-state index is 0.313. The number of oxime groups is 1. The van der Waals surface area contributed by atoms with Crippen molar-refractivity contribution in [1.29, 1.82) is 0 Å². The number of rotatable bonds is 7. The van der Waals surface area contributed by atoms with Crippen molar-refractivity contribution in [2.75, 3.05) is 6.54 Å². The third-order valence-corrected chi connectivity index (χ3v) is 3.23. The van der Waals surface area contributed by atoms with E-state index in [1.54, 1.807) is 0 Å². The summed E-state index contributed by atoms with van der Waals surface area (Å²) in [6.45, 7) is 5.45. The highest BCUT2D eigenvalue weighted by atomic mass is 16.4. The molecule has 1 fully saturated rings. The van der Waals surface area contributed by atoms with Crippen LogP contribution >= 0.6 is 0 Å². The van der Waals surface area contributed by atoms with Crippen LogP contribution in [0, 0.1) is 11.8 Å². The molecule has 88 valence electrons. The molecule has 0 amide bonds. The standard InChI is InChI=1S/C11H23N3O/c1-3-10(6-11(12)14-15)13-7-8(2)9-4-5-9/h8-10,13,15H,3-7H2,1-2H3,(H2,12,14). The van der Waals surface area contributed by atoms with Gasteiger partial charge in [-0.2, -0.15) is 0 Å². The number of nitrogens with zero attached hydrogens (tertiary/aromatic N) is 1. The molecule has 4 N–H and O–H groups in total. The fraction of sp³-hybridized carbons (Fsp3) is 0.909. The number of amidine groups is 1. The van der Waals surface area contributed by atoms with Crippen molar-refractivity contribution < 1.29 is 5.21 Å². The average Bonchev–Trinajstić information content (AvgIpc) is 3.06. The summed E-state index contributed by atoms with van der Waals surface area (Å²) >= 11 is 0. The van der Waals surface area contributed by atoms with E-state index in [2.05, 4.69) is 24.3 Å². The highest BCUT2D eigenvalue weighted by Crippen LogP contribution is 2.36. The summed E-state index contributed by atoms with van der Waals surface area (Å²) in [7, 11) is 0. The fourth-order valence-corrected chi connectivity index (χ4v) is 1.84. The zero-order valence-corrected chi connectivity index (χ0v) is 9.74. The highest BCUT2D eigenvalue weighted by Gasteiger charge is 2.27. The number of nitrogens with two attached hydrogens (primary N) is 1. The predicted molar refractivity (Wildman–Crippen MR) is 62.0 cm³/mol. The van der Waals surface area contributed by atoms with Crippen molar-refractivity contribution in [1.82, 2.24) is 5.32 Å². The van der Waals surface area contributed by atoms with Gasteiger partial charge < -0.3 is 16.3 Å². The van der Waals surface area contributed by atoms with Crippen molar-refractivity contribution in [2.24, 2.45) is 22.7 Å². The minimum atomic E-state index is 0.313. The number of hydrogen-bond acceptors (Lipinski definition) is 3. The third-order valence-electron chi connectivity index (χ3n) is 3.23. The Kier molecular flexibility index (Phi) is 4.88. The lowest BCUT2D eigenvalue weighted by Gasteiger charge is -2.19. The smallest absolute Gasteiger partial charge is 0.140 e. The molecule has 1 saturated carbocycles. The summed E-state index contributed by atoms with van der Waals surface area (Å²) in [6, 6.07) is 0.335. The van der Waals surface area contributed by atoms with E-state index in [0.29, 0.717) is 18.3 Å². The van der Waals surface area contributed by atoms with Gasteiger partial charge in [0.05, 0.1) is 0 Å². The summed E-state index contributed by atoms with van der Waals surface area (Å²) in [5, 5.41) is 15.0. The van der Waals surface area contributed by atoms with Crippen LogP contribution < -0.4 is 11.1 Å². The molecule has 0 saturated heterocycles. The second-order valence-electron chi connectivity index (χ2n) is 4.62. The first-order chi connectivity index (χ1) is 7.17. The van der Waals surface area contributed by atoms with Crippen LogP contribution in [-0.2, 0) is 0 Å². The van der Waals surface area contributed by atoms with Gasteiger partial charge >= 0.3 is 0 Å². The topological polar surface area (TPSA) is 70.6 Å². The molecule has 0 bridgehead atoms. The second kappa shape index (κ2) is 5.95. The zero-order chi connectivity index (χ0) is 11.3. The summed E-state index contributed by atoms with van der Waals surface area (Å²) in [4.78, 5) is 0. The lowest BCUT2D eigenvalue weighted by Crippen LogP contribution is -2.36. The maximum Gasteiger partial charge on any atom is 0.140 e. The normalized spacial score (nSPS) is 21.3. The lowest BCUT2D eigenvalue weighted by molar-refractivity contribution is 0.314. The van der Waals surface area contributed by atoms with E-state index in [1.165, 1.54) is 12.8 Å². The van der Waals surface area contributed by atoms with E-state index in [-0.39, 0.29) is 0 Å². The Morgan fingerprint density at radius 2 is 2.27 bits per heavy atom. The molecule has 0 aromatic heterocycles. The van der Waals surface area contributed by atoms with Crippen LogP contribution in [0.3, 0.4) is 0 Å². The van der Waals surface area contributed by atoms with E-state index in [9.17, 15) is 0 Å². The Morgan fingerprint density at radius 3 is 2.73 bits per heavy atom. The minimum Gasteiger partial charge on any atom is -0.409 e. The first kappa shape index (κ1) is 12.3. The Labute approximate surface area is 91.9 Å². The molecule has 0 aromatic carbocycles. The first-order valence-electron chi connectivity index (χ1n) is 5.87. The average molecular weight is 213 g/mol. The molecule has 2 unspecified atom stereocenters. The van der Waals surface area contributed by atoms with Gasteiger partial charge in [-0.05, 0) is 37.6 Å². The maximum absolute atomic E-state index is 8.49. The number of hydrogen-bond donors (Lipinski definition) is 3. The Morgan fingerprint density at radius 1 is 1.60 bits per heavy atom. The summed E-state index contributed by atoms with van der Waals surface area (Å²) < 4.78 is 0. The van der Waals surface area contributed by atoms with E-state index >= 15 is 0 Å². The van der Waals surface area contributed by atoms with Gasteiger partial charge in [0.15, 0.2) is 0 Å². The highest BCUT2D eigenvalue weighted by molar-refractivity contribution is 5.80. The van der Waals surface area contributed by atoms with E-state index < -0.39 is 0 Å². The number of nitrogens with one attached hydrogen (secondary N) is 1. The van der Waals surface area contributed by atoms with Gasteiger partial charge in [0.25, 0.3) is 0 Å². The first-order valence-corrected chi connectivity index (χ1v) is 5.87. The summed E-state index contributed by atoms with van der Waals surface area (Å²) in [6.07, 6.45) is 4.41.